The van der Waals surface area contributed by atoms with Crippen LogP contribution in [0.5, 0.6) is 5.75 Å². The molecule has 1 fully saturated rings. The summed E-state index contributed by atoms with van der Waals surface area (Å²) in [5, 5.41) is 12.4. The van der Waals surface area contributed by atoms with E-state index in [1.165, 1.54) is 11.8 Å². The minimum absolute atomic E-state index is 0.0768. The highest BCUT2D eigenvalue weighted by atomic mass is 32.2. The van der Waals surface area contributed by atoms with Crippen LogP contribution >= 0.6 is 24.0 Å². The second kappa shape index (κ2) is 7.51. The Labute approximate surface area is 150 Å². The second-order valence-electron chi connectivity index (χ2n) is 5.30. The molecule has 1 amide bonds. The predicted octanol–water partition coefficient (Wildman–Crippen LogP) is 3.38. The largest absolute Gasteiger partial charge is 0.508 e. The lowest BCUT2D eigenvalue weighted by molar-refractivity contribution is -0.122. The van der Waals surface area contributed by atoms with Crippen molar-refractivity contribution in [1.29, 1.82) is 0 Å². The second-order valence-corrected chi connectivity index (χ2v) is 6.98. The summed E-state index contributed by atoms with van der Waals surface area (Å²) in [7, 11) is 0. The number of benzene rings is 2. The van der Waals surface area contributed by atoms with Gasteiger partial charge in [-0.25, -0.2) is 0 Å². The Morgan fingerprint density at radius 1 is 1.08 bits per heavy atom. The predicted molar refractivity (Wildman–Crippen MR) is 100 cm³/mol. The highest BCUT2D eigenvalue weighted by Crippen LogP contribution is 2.31. The Balaban J connectivity index is 1.61. The van der Waals surface area contributed by atoms with Crippen LogP contribution in [-0.4, -0.2) is 20.2 Å². The van der Waals surface area contributed by atoms with E-state index < -0.39 is 0 Å². The summed E-state index contributed by atoms with van der Waals surface area (Å²) in [5.74, 6) is 0.160. The summed E-state index contributed by atoms with van der Waals surface area (Å²) in [5.41, 5.74) is 2.07. The number of carbonyl (C=O) groups excluding carboxylic acids is 1. The summed E-state index contributed by atoms with van der Waals surface area (Å²) in [4.78, 5) is 14.7. The Bertz CT molecular complexity index is 773. The average molecular weight is 356 g/mol. The molecule has 2 aromatic carbocycles. The quantitative estimate of drug-likeness (QED) is 0.635. The van der Waals surface area contributed by atoms with Crippen molar-refractivity contribution in [3.63, 3.8) is 0 Å². The smallest absolute Gasteiger partial charge is 0.267 e. The molecule has 0 saturated carbocycles. The van der Waals surface area contributed by atoms with E-state index in [0.29, 0.717) is 22.3 Å². The lowest BCUT2D eigenvalue weighted by Gasteiger charge is -2.14. The van der Waals surface area contributed by atoms with Gasteiger partial charge in [-0.2, -0.15) is 0 Å². The van der Waals surface area contributed by atoms with Crippen LogP contribution in [0.3, 0.4) is 0 Å². The molecule has 0 radical (unpaired) electrons. The van der Waals surface area contributed by atoms with Crippen LogP contribution in [0.4, 0.5) is 0 Å². The first-order valence-corrected chi connectivity index (χ1v) is 8.65. The molecule has 122 valence electrons. The maximum atomic E-state index is 12.5. The Hall–Kier alpha value is -2.31. The van der Waals surface area contributed by atoms with E-state index >= 15 is 0 Å². The van der Waals surface area contributed by atoms with Crippen molar-refractivity contribution in [3.8, 4) is 5.75 Å². The number of thiocarbonyl (C=S) groups is 1. The molecule has 0 unspecified atom stereocenters. The zero-order chi connectivity index (χ0) is 16.9. The number of hydrogen-bond donors (Lipinski definition) is 2. The number of phenolic OH excluding ortho intramolecular Hbond substituents is 1. The van der Waals surface area contributed by atoms with Crippen molar-refractivity contribution in [2.75, 3.05) is 0 Å². The first kappa shape index (κ1) is 16.5. The van der Waals surface area contributed by atoms with E-state index in [1.807, 2.05) is 42.5 Å². The van der Waals surface area contributed by atoms with Gasteiger partial charge in [-0.3, -0.25) is 9.69 Å². The van der Waals surface area contributed by atoms with Gasteiger partial charge in [0.2, 0.25) is 0 Å². The molecule has 3 rings (SSSR count). The van der Waals surface area contributed by atoms with Gasteiger partial charge in [0.1, 0.15) is 10.1 Å². The highest BCUT2D eigenvalue weighted by Gasteiger charge is 2.31. The molecule has 2 N–H and O–H groups in total. The summed E-state index contributed by atoms with van der Waals surface area (Å²) < 4.78 is 0.571. The molecule has 1 aliphatic rings. The number of nitrogens with zero attached hydrogens (tertiary/aromatic N) is 1. The van der Waals surface area contributed by atoms with E-state index in [4.69, 9.17) is 12.2 Å². The van der Waals surface area contributed by atoms with Crippen molar-refractivity contribution in [2.24, 2.45) is 0 Å². The maximum Gasteiger partial charge on any atom is 0.267 e. The van der Waals surface area contributed by atoms with Crippen LogP contribution in [-0.2, 0) is 17.9 Å². The maximum absolute atomic E-state index is 12.5. The van der Waals surface area contributed by atoms with Gasteiger partial charge in [-0.1, -0.05) is 66.4 Å². The molecule has 4 nitrogen and oxygen atoms in total. The summed E-state index contributed by atoms with van der Waals surface area (Å²) in [6.07, 6.45) is 1.71. The molecule has 2 aromatic rings. The molecular formula is C18H16N2O2S2. The molecule has 1 aliphatic heterocycles. The summed E-state index contributed by atoms with van der Waals surface area (Å²) >= 11 is 6.63. The fraction of sp³-hybridized carbons (Fsp3) is 0.111. The Morgan fingerprint density at radius 3 is 2.50 bits per heavy atom. The molecule has 0 spiro atoms. The van der Waals surface area contributed by atoms with Crippen molar-refractivity contribution in [1.82, 2.24) is 10.2 Å². The van der Waals surface area contributed by atoms with Crippen molar-refractivity contribution >= 4 is 34.2 Å². The molecule has 6 heteroatoms. The molecule has 0 aromatic heterocycles. The molecule has 0 bridgehead atoms. The fourth-order valence-corrected chi connectivity index (χ4v) is 3.48. The molecule has 0 aliphatic carbocycles. The minimum atomic E-state index is -0.0768. The lowest BCUT2D eigenvalue weighted by atomic mass is 10.2. The number of phenols is 1. The van der Waals surface area contributed by atoms with E-state index in [2.05, 4.69) is 5.32 Å². The van der Waals surface area contributed by atoms with Crippen molar-refractivity contribution in [3.05, 3.63) is 76.8 Å². The average Bonchev–Trinajstić information content (AvgIpc) is 2.85. The van der Waals surface area contributed by atoms with Gasteiger partial charge in [0.25, 0.3) is 5.91 Å². The third-order valence-corrected chi connectivity index (χ3v) is 4.91. The number of rotatable bonds is 5. The number of thioether (sulfide) groups is 1. The first-order valence-electron chi connectivity index (χ1n) is 7.42. The Morgan fingerprint density at radius 2 is 1.79 bits per heavy atom. The van der Waals surface area contributed by atoms with Gasteiger partial charge in [0.05, 0.1) is 11.4 Å². The number of hydrogen-bond acceptors (Lipinski definition) is 5. The molecule has 0 atom stereocenters. The van der Waals surface area contributed by atoms with Gasteiger partial charge in [0.15, 0.2) is 0 Å². The standard InChI is InChI=1S/C18H16N2O2S2/c21-15-8-6-13(7-9-15)10-19-11-16-17(22)20(18(23)24-16)12-14-4-2-1-3-5-14/h1-9,11,19,21H,10,12H2. The topological polar surface area (TPSA) is 52.6 Å². The lowest BCUT2D eigenvalue weighted by Crippen LogP contribution is -2.27. The van der Waals surface area contributed by atoms with E-state index in [-0.39, 0.29) is 11.7 Å². The van der Waals surface area contributed by atoms with Crippen molar-refractivity contribution < 1.29 is 9.90 Å². The van der Waals surface area contributed by atoms with Crippen molar-refractivity contribution in [2.45, 2.75) is 13.1 Å². The molecular weight excluding hydrogens is 340 g/mol. The molecule has 1 heterocycles. The summed E-state index contributed by atoms with van der Waals surface area (Å²) in [6.45, 7) is 1.06. The summed E-state index contributed by atoms with van der Waals surface area (Å²) in [6, 6.07) is 16.7. The van der Waals surface area contributed by atoms with Gasteiger partial charge in [-0.05, 0) is 23.3 Å². The van der Waals surface area contributed by atoms with Crippen LogP contribution in [0.2, 0.25) is 0 Å². The van der Waals surface area contributed by atoms with Crippen LogP contribution < -0.4 is 5.32 Å². The van der Waals surface area contributed by atoms with Crippen LogP contribution in [0.1, 0.15) is 11.1 Å². The van der Waals surface area contributed by atoms with Gasteiger partial charge in [0, 0.05) is 12.7 Å². The number of nitrogens with one attached hydrogen (secondary N) is 1. The van der Waals surface area contributed by atoms with Crippen LogP contribution in [0, 0.1) is 0 Å². The van der Waals surface area contributed by atoms with Gasteiger partial charge in [-0.15, -0.1) is 0 Å². The van der Waals surface area contributed by atoms with Gasteiger partial charge < -0.3 is 10.4 Å². The Kier molecular flexibility index (Phi) is 5.17. The molecule has 1 saturated heterocycles. The number of aromatic hydroxyl groups is 1. The van der Waals surface area contributed by atoms with E-state index in [1.54, 1.807) is 23.2 Å². The third-order valence-electron chi connectivity index (χ3n) is 3.53. The van der Waals surface area contributed by atoms with Gasteiger partial charge >= 0.3 is 0 Å². The zero-order valence-electron chi connectivity index (χ0n) is 12.8. The SMILES string of the molecule is O=C1C(=CNCc2ccc(O)cc2)SC(=S)N1Cc1ccccc1. The first-order chi connectivity index (χ1) is 11.6. The number of amides is 1. The van der Waals surface area contributed by atoms with Crippen LogP contribution in [0.25, 0.3) is 0 Å². The normalized spacial score (nSPS) is 16.0. The highest BCUT2D eigenvalue weighted by molar-refractivity contribution is 8.26. The minimum Gasteiger partial charge on any atom is -0.508 e. The van der Waals surface area contributed by atoms with Crippen LogP contribution in [0.15, 0.2) is 65.7 Å². The molecule has 24 heavy (non-hydrogen) atoms. The monoisotopic (exact) mass is 356 g/mol. The zero-order valence-corrected chi connectivity index (χ0v) is 14.4. The third kappa shape index (κ3) is 3.96. The van der Waals surface area contributed by atoms with E-state index in [0.717, 1.165) is 11.1 Å². The number of carbonyl (C=O) groups is 1. The van der Waals surface area contributed by atoms with E-state index in [9.17, 15) is 9.90 Å². The fourth-order valence-electron chi connectivity index (χ4n) is 2.28.